The highest BCUT2D eigenvalue weighted by atomic mass is 32.2. The van der Waals surface area contributed by atoms with Crippen LogP contribution in [-0.4, -0.2) is 36.8 Å². The molecule has 1 aliphatic rings. The van der Waals surface area contributed by atoms with E-state index in [1.54, 1.807) is 30.5 Å². The molecule has 0 aliphatic carbocycles. The zero-order valence-electron chi connectivity index (χ0n) is 11.1. The molecule has 0 bridgehead atoms. The third kappa shape index (κ3) is 2.09. The summed E-state index contributed by atoms with van der Waals surface area (Å²) in [7, 11) is -3.51. The van der Waals surface area contributed by atoms with Gasteiger partial charge in [-0.05, 0) is 37.1 Å². The average molecular weight is 291 g/mol. The Balaban J connectivity index is 2.14. The Morgan fingerprint density at radius 2 is 2.15 bits per heavy atom. The summed E-state index contributed by atoms with van der Waals surface area (Å²) in [5, 5.41) is 0.665. The fourth-order valence-electron chi connectivity index (χ4n) is 2.79. The van der Waals surface area contributed by atoms with Gasteiger partial charge in [0.05, 0.1) is 10.4 Å². The smallest absolute Gasteiger partial charge is 0.244 e. The van der Waals surface area contributed by atoms with E-state index in [1.165, 1.54) is 4.31 Å². The molecular weight excluding hydrogens is 274 g/mol. The van der Waals surface area contributed by atoms with Crippen LogP contribution in [0.5, 0.6) is 0 Å². The minimum absolute atomic E-state index is 0.0908. The van der Waals surface area contributed by atoms with E-state index in [4.69, 9.17) is 5.73 Å². The summed E-state index contributed by atoms with van der Waals surface area (Å²) >= 11 is 0. The van der Waals surface area contributed by atoms with Gasteiger partial charge in [-0.3, -0.25) is 4.98 Å². The van der Waals surface area contributed by atoms with Crippen molar-refractivity contribution in [3.8, 4) is 0 Å². The lowest BCUT2D eigenvalue weighted by Gasteiger charge is -2.23. The number of nitrogens with two attached hydrogens (primary N) is 1. The average Bonchev–Trinajstić information content (AvgIpc) is 2.96. The van der Waals surface area contributed by atoms with Crippen LogP contribution >= 0.6 is 0 Å². The van der Waals surface area contributed by atoms with Crippen molar-refractivity contribution < 1.29 is 8.42 Å². The third-order valence-corrected chi connectivity index (χ3v) is 5.80. The second-order valence-corrected chi connectivity index (χ2v) is 6.83. The third-order valence-electron chi connectivity index (χ3n) is 3.79. The molecule has 0 amide bonds. The van der Waals surface area contributed by atoms with E-state index in [9.17, 15) is 8.42 Å². The van der Waals surface area contributed by atoms with Crippen LogP contribution < -0.4 is 5.73 Å². The van der Waals surface area contributed by atoms with Crippen LogP contribution in [0.25, 0.3) is 10.9 Å². The minimum atomic E-state index is -3.51. The lowest BCUT2D eigenvalue weighted by atomic mass is 10.2. The number of hydrogen-bond acceptors (Lipinski definition) is 4. The number of benzene rings is 1. The van der Waals surface area contributed by atoms with Crippen LogP contribution in [0.3, 0.4) is 0 Å². The van der Waals surface area contributed by atoms with E-state index >= 15 is 0 Å². The van der Waals surface area contributed by atoms with Crippen LogP contribution in [-0.2, 0) is 10.0 Å². The lowest BCUT2D eigenvalue weighted by molar-refractivity contribution is 0.393. The Kier molecular flexibility index (Phi) is 3.45. The Morgan fingerprint density at radius 1 is 1.30 bits per heavy atom. The molecule has 106 valence electrons. The second kappa shape index (κ2) is 5.12. The van der Waals surface area contributed by atoms with Crippen LogP contribution in [0.1, 0.15) is 12.8 Å². The monoisotopic (exact) mass is 291 g/mol. The number of nitrogens with zero attached hydrogens (tertiary/aromatic N) is 2. The number of fused-ring (bicyclic) bond motifs is 1. The molecular formula is C14H17N3O2S. The standard InChI is InChI=1S/C14H17N3O2S/c15-10-11-4-3-9-17(11)20(18,19)14-7-1-6-13-12(14)5-2-8-16-13/h1-2,5-8,11H,3-4,9-10,15H2. The van der Waals surface area contributed by atoms with E-state index < -0.39 is 10.0 Å². The Bertz CT molecular complexity index is 725. The molecule has 1 aromatic carbocycles. The summed E-state index contributed by atoms with van der Waals surface area (Å²) < 4.78 is 27.3. The first-order valence-electron chi connectivity index (χ1n) is 6.70. The van der Waals surface area contributed by atoms with Gasteiger partial charge in [-0.15, -0.1) is 0 Å². The molecule has 2 N–H and O–H groups in total. The topological polar surface area (TPSA) is 76.3 Å². The highest BCUT2D eigenvalue weighted by Crippen LogP contribution is 2.29. The number of sulfonamides is 1. The quantitative estimate of drug-likeness (QED) is 0.926. The fraction of sp³-hybridized carbons (Fsp3) is 0.357. The predicted molar refractivity (Wildman–Crippen MR) is 77.7 cm³/mol. The maximum Gasteiger partial charge on any atom is 0.244 e. The molecule has 1 aromatic heterocycles. The number of aromatic nitrogens is 1. The van der Waals surface area contributed by atoms with Gasteiger partial charge in [0.25, 0.3) is 0 Å². The normalized spacial score (nSPS) is 20.6. The first-order valence-corrected chi connectivity index (χ1v) is 8.14. The van der Waals surface area contributed by atoms with E-state index in [0.29, 0.717) is 28.9 Å². The fourth-order valence-corrected chi connectivity index (χ4v) is 4.69. The van der Waals surface area contributed by atoms with Crippen LogP contribution in [0, 0.1) is 0 Å². The molecule has 0 spiro atoms. The zero-order valence-corrected chi connectivity index (χ0v) is 11.9. The van der Waals surface area contributed by atoms with Crippen molar-refractivity contribution in [3.05, 3.63) is 36.5 Å². The molecule has 1 atom stereocenters. The van der Waals surface area contributed by atoms with E-state index in [1.807, 2.05) is 6.07 Å². The molecule has 6 heteroatoms. The lowest BCUT2D eigenvalue weighted by Crippen LogP contribution is -2.39. The molecule has 2 aromatic rings. The van der Waals surface area contributed by atoms with Crippen molar-refractivity contribution in [2.45, 2.75) is 23.8 Å². The van der Waals surface area contributed by atoms with Gasteiger partial charge in [-0.25, -0.2) is 8.42 Å². The Labute approximate surface area is 118 Å². The summed E-state index contributed by atoms with van der Waals surface area (Å²) in [5.74, 6) is 0. The summed E-state index contributed by atoms with van der Waals surface area (Å²) in [6.45, 7) is 0.906. The molecule has 20 heavy (non-hydrogen) atoms. The first-order chi connectivity index (χ1) is 9.64. The molecule has 5 nitrogen and oxygen atoms in total. The van der Waals surface area contributed by atoms with Gasteiger partial charge in [0.15, 0.2) is 0 Å². The maximum atomic E-state index is 12.9. The van der Waals surface area contributed by atoms with Crippen LogP contribution in [0.4, 0.5) is 0 Å². The Hall–Kier alpha value is -1.50. The molecule has 2 heterocycles. The van der Waals surface area contributed by atoms with Gasteiger partial charge in [-0.1, -0.05) is 6.07 Å². The summed E-state index contributed by atoms with van der Waals surface area (Å²) in [5.41, 5.74) is 6.38. The van der Waals surface area contributed by atoms with E-state index in [2.05, 4.69) is 4.98 Å². The molecule has 3 rings (SSSR count). The summed E-state index contributed by atoms with van der Waals surface area (Å²) in [4.78, 5) is 4.54. The highest BCUT2D eigenvalue weighted by Gasteiger charge is 2.35. The van der Waals surface area contributed by atoms with Gasteiger partial charge < -0.3 is 5.73 Å². The van der Waals surface area contributed by atoms with Gasteiger partial charge >= 0.3 is 0 Å². The largest absolute Gasteiger partial charge is 0.329 e. The van der Waals surface area contributed by atoms with Crippen molar-refractivity contribution in [2.24, 2.45) is 5.73 Å². The Morgan fingerprint density at radius 3 is 2.95 bits per heavy atom. The number of rotatable bonds is 3. The van der Waals surface area contributed by atoms with Crippen molar-refractivity contribution in [3.63, 3.8) is 0 Å². The maximum absolute atomic E-state index is 12.9. The van der Waals surface area contributed by atoms with E-state index in [0.717, 1.165) is 12.8 Å². The second-order valence-electron chi connectivity index (χ2n) is 4.97. The molecule has 1 unspecified atom stereocenters. The highest BCUT2D eigenvalue weighted by molar-refractivity contribution is 7.89. The summed E-state index contributed by atoms with van der Waals surface area (Å²) in [6.07, 6.45) is 3.36. The van der Waals surface area contributed by atoms with Gasteiger partial charge in [0.2, 0.25) is 10.0 Å². The van der Waals surface area contributed by atoms with Crippen molar-refractivity contribution >= 4 is 20.9 Å². The first kappa shape index (κ1) is 13.5. The number of pyridine rings is 1. The van der Waals surface area contributed by atoms with Gasteiger partial charge in [0, 0.05) is 30.7 Å². The van der Waals surface area contributed by atoms with Crippen molar-refractivity contribution in [1.82, 2.24) is 9.29 Å². The van der Waals surface area contributed by atoms with Crippen molar-refractivity contribution in [1.29, 1.82) is 0 Å². The van der Waals surface area contributed by atoms with E-state index in [-0.39, 0.29) is 6.04 Å². The molecule has 1 fully saturated rings. The molecule has 0 saturated carbocycles. The molecule has 1 aliphatic heterocycles. The molecule has 1 saturated heterocycles. The van der Waals surface area contributed by atoms with Crippen LogP contribution in [0.15, 0.2) is 41.4 Å². The van der Waals surface area contributed by atoms with Gasteiger partial charge in [-0.2, -0.15) is 4.31 Å². The summed E-state index contributed by atoms with van der Waals surface area (Å²) in [6, 6.07) is 8.65. The SMILES string of the molecule is NCC1CCCN1S(=O)(=O)c1cccc2ncccc12. The molecule has 0 radical (unpaired) electrons. The number of hydrogen-bond donors (Lipinski definition) is 1. The minimum Gasteiger partial charge on any atom is -0.329 e. The predicted octanol–water partition coefficient (Wildman–Crippen LogP) is 1.35. The van der Waals surface area contributed by atoms with Crippen molar-refractivity contribution in [2.75, 3.05) is 13.1 Å². The van der Waals surface area contributed by atoms with Crippen LogP contribution in [0.2, 0.25) is 0 Å². The van der Waals surface area contributed by atoms with Gasteiger partial charge in [0.1, 0.15) is 0 Å². The zero-order chi connectivity index (χ0) is 14.2.